The summed E-state index contributed by atoms with van der Waals surface area (Å²) in [5.74, 6) is 0. The maximum atomic E-state index is 11.8. The van der Waals surface area contributed by atoms with E-state index in [0.29, 0.717) is 5.65 Å². The number of H-pyrrole nitrogens is 1. The average Bonchev–Trinajstić information content (AvgIpc) is 2.54. The van der Waals surface area contributed by atoms with Crippen molar-refractivity contribution in [2.75, 3.05) is 6.61 Å². The van der Waals surface area contributed by atoms with E-state index in [2.05, 4.69) is 9.97 Å². The van der Waals surface area contributed by atoms with Gasteiger partial charge in [-0.3, -0.25) is 9.36 Å². The number of hydrogen-bond donors (Lipinski definition) is 2. The van der Waals surface area contributed by atoms with Gasteiger partial charge < -0.3 is 14.4 Å². The number of hydrogen-bond acceptors (Lipinski definition) is 4. The number of rotatable bonds is 5. The van der Waals surface area contributed by atoms with Gasteiger partial charge in [0.1, 0.15) is 5.65 Å². The fraction of sp³-hybridized carbons (Fsp3) is 0.176. The van der Waals surface area contributed by atoms with Gasteiger partial charge >= 0.3 is 7.60 Å². The van der Waals surface area contributed by atoms with Crippen molar-refractivity contribution in [2.45, 2.75) is 13.1 Å². The molecule has 24 heavy (non-hydrogen) atoms. The molecule has 3 aromatic rings. The van der Waals surface area contributed by atoms with Gasteiger partial charge in [0, 0.05) is 17.6 Å². The predicted molar refractivity (Wildman–Crippen MR) is 93.0 cm³/mol. The zero-order chi connectivity index (χ0) is 17.2. The SMILES string of the molecule is CCOP(=O)(O)Cc1ccc(-c2ccnc3[nH]c(=O)ccc23)cc1. The van der Waals surface area contributed by atoms with Crippen LogP contribution in [0.3, 0.4) is 0 Å². The molecule has 0 saturated carbocycles. The molecule has 0 saturated heterocycles. The summed E-state index contributed by atoms with van der Waals surface area (Å²) in [5.41, 5.74) is 2.92. The average molecular weight is 344 g/mol. The minimum absolute atomic E-state index is 0.0223. The minimum atomic E-state index is -3.60. The Labute approximate surface area is 138 Å². The predicted octanol–water partition coefficient (Wildman–Crippen LogP) is 3.31. The zero-order valence-electron chi connectivity index (χ0n) is 13.1. The Bertz CT molecular complexity index is 966. The molecule has 1 unspecified atom stereocenters. The number of fused-ring (bicyclic) bond motifs is 1. The van der Waals surface area contributed by atoms with Crippen molar-refractivity contribution in [3.05, 3.63) is 64.6 Å². The highest BCUT2D eigenvalue weighted by molar-refractivity contribution is 7.51. The van der Waals surface area contributed by atoms with Gasteiger partial charge in [0.25, 0.3) is 0 Å². The van der Waals surface area contributed by atoms with Crippen LogP contribution < -0.4 is 5.56 Å². The summed E-state index contributed by atoms with van der Waals surface area (Å²) >= 11 is 0. The summed E-state index contributed by atoms with van der Waals surface area (Å²) in [6, 6.07) is 12.4. The van der Waals surface area contributed by atoms with Crippen molar-refractivity contribution in [1.29, 1.82) is 0 Å². The van der Waals surface area contributed by atoms with Crippen LogP contribution in [0.15, 0.2) is 53.5 Å². The molecule has 0 amide bonds. The van der Waals surface area contributed by atoms with Crippen LogP contribution in [-0.2, 0) is 15.3 Å². The number of aromatic amines is 1. The molecule has 2 aromatic heterocycles. The molecular formula is C17H17N2O4P. The number of nitrogens with one attached hydrogen (secondary N) is 1. The Morgan fingerprint density at radius 3 is 2.62 bits per heavy atom. The van der Waals surface area contributed by atoms with E-state index in [1.165, 1.54) is 6.07 Å². The van der Waals surface area contributed by atoms with E-state index >= 15 is 0 Å². The van der Waals surface area contributed by atoms with Crippen LogP contribution in [0.25, 0.3) is 22.2 Å². The fourth-order valence-corrected chi connectivity index (χ4v) is 3.75. The topological polar surface area (TPSA) is 92.3 Å². The van der Waals surface area contributed by atoms with Gasteiger partial charge in [-0.1, -0.05) is 24.3 Å². The largest absolute Gasteiger partial charge is 0.332 e. The molecular weight excluding hydrogens is 327 g/mol. The first kappa shape index (κ1) is 16.6. The second kappa shape index (κ2) is 6.69. The summed E-state index contributed by atoms with van der Waals surface area (Å²) in [5, 5.41) is 0.840. The van der Waals surface area contributed by atoms with Crippen molar-refractivity contribution in [3.63, 3.8) is 0 Å². The summed E-state index contributed by atoms with van der Waals surface area (Å²) in [7, 11) is -3.60. The highest BCUT2D eigenvalue weighted by atomic mass is 31.2. The number of aromatic nitrogens is 2. The Morgan fingerprint density at radius 2 is 1.92 bits per heavy atom. The van der Waals surface area contributed by atoms with Crippen molar-refractivity contribution in [3.8, 4) is 11.1 Å². The van der Waals surface area contributed by atoms with Gasteiger partial charge in [-0.15, -0.1) is 0 Å². The molecule has 6 nitrogen and oxygen atoms in total. The lowest BCUT2D eigenvalue weighted by Crippen LogP contribution is -2.03. The van der Waals surface area contributed by atoms with Crippen molar-refractivity contribution in [1.82, 2.24) is 9.97 Å². The molecule has 124 valence electrons. The molecule has 0 bridgehead atoms. The number of benzene rings is 1. The van der Waals surface area contributed by atoms with E-state index < -0.39 is 7.60 Å². The molecule has 1 atom stereocenters. The third kappa shape index (κ3) is 3.62. The third-order valence-electron chi connectivity index (χ3n) is 3.61. The molecule has 0 spiro atoms. The van der Waals surface area contributed by atoms with Crippen LogP contribution in [0.5, 0.6) is 0 Å². The van der Waals surface area contributed by atoms with E-state index in [9.17, 15) is 14.3 Å². The molecule has 2 heterocycles. The standard InChI is InChI=1S/C17H17N2O4P/c1-2-23-24(21,22)11-12-3-5-13(6-4-12)14-9-10-18-17-15(14)7-8-16(20)19-17/h3-10H,2,11H2,1H3,(H,21,22)(H,18,19,20). The molecule has 0 aliphatic carbocycles. The lowest BCUT2D eigenvalue weighted by Gasteiger charge is -2.11. The van der Waals surface area contributed by atoms with E-state index in [4.69, 9.17) is 4.52 Å². The van der Waals surface area contributed by atoms with Crippen LogP contribution >= 0.6 is 7.60 Å². The second-order valence-corrected chi connectivity index (χ2v) is 7.20. The van der Waals surface area contributed by atoms with Crippen LogP contribution in [-0.4, -0.2) is 21.5 Å². The Hall–Kier alpha value is -2.27. The lowest BCUT2D eigenvalue weighted by molar-refractivity contribution is 0.272. The monoisotopic (exact) mass is 344 g/mol. The zero-order valence-corrected chi connectivity index (χ0v) is 14.0. The van der Waals surface area contributed by atoms with E-state index in [1.54, 1.807) is 31.3 Å². The second-order valence-electron chi connectivity index (χ2n) is 5.35. The minimum Gasteiger partial charge on any atom is -0.324 e. The van der Waals surface area contributed by atoms with Crippen LogP contribution in [0.1, 0.15) is 12.5 Å². The van der Waals surface area contributed by atoms with Gasteiger partial charge in [-0.2, -0.15) is 0 Å². The number of nitrogens with zero attached hydrogens (tertiary/aromatic N) is 1. The molecule has 1 aromatic carbocycles. The van der Waals surface area contributed by atoms with Crippen molar-refractivity contribution >= 4 is 18.6 Å². The molecule has 3 rings (SSSR count). The van der Waals surface area contributed by atoms with Gasteiger partial charge in [0.15, 0.2) is 0 Å². The Kier molecular flexibility index (Phi) is 4.62. The molecule has 2 N–H and O–H groups in total. The fourth-order valence-electron chi connectivity index (χ4n) is 2.58. The van der Waals surface area contributed by atoms with E-state index in [-0.39, 0.29) is 18.3 Å². The molecule has 7 heteroatoms. The van der Waals surface area contributed by atoms with Gasteiger partial charge in [0.05, 0.1) is 12.8 Å². The Balaban J connectivity index is 1.94. The van der Waals surface area contributed by atoms with Crippen molar-refractivity contribution in [2.24, 2.45) is 0 Å². The lowest BCUT2D eigenvalue weighted by atomic mass is 10.0. The molecule has 0 aliphatic rings. The quantitative estimate of drug-likeness (QED) is 0.693. The normalized spacial score (nSPS) is 13.8. The maximum absolute atomic E-state index is 11.8. The van der Waals surface area contributed by atoms with E-state index in [1.807, 2.05) is 18.2 Å². The molecule has 0 fully saturated rings. The number of pyridine rings is 2. The van der Waals surface area contributed by atoms with Crippen LogP contribution in [0.4, 0.5) is 0 Å². The van der Waals surface area contributed by atoms with Crippen molar-refractivity contribution < 1.29 is 14.0 Å². The Morgan fingerprint density at radius 1 is 1.17 bits per heavy atom. The van der Waals surface area contributed by atoms with E-state index in [0.717, 1.165) is 22.1 Å². The van der Waals surface area contributed by atoms with Crippen LogP contribution in [0.2, 0.25) is 0 Å². The summed E-state index contributed by atoms with van der Waals surface area (Å²) in [6.07, 6.45) is 1.62. The maximum Gasteiger partial charge on any atom is 0.332 e. The first-order valence-electron chi connectivity index (χ1n) is 7.52. The third-order valence-corrected chi connectivity index (χ3v) is 5.04. The highest BCUT2D eigenvalue weighted by Crippen LogP contribution is 2.45. The highest BCUT2D eigenvalue weighted by Gasteiger charge is 2.19. The van der Waals surface area contributed by atoms with Crippen LogP contribution in [0, 0.1) is 0 Å². The first-order valence-corrected chi connectivity index (χ1v) is 9.28. The molecule has 0 radical (unpaired) electrons. The summed E-state index contributed by atoms with van der Waals surface area (Å²) < 4.78 is 16.7. The first-order chi connectivity index (χ1) is 11.5. The summed E-state index contributed by atoms with van der Waals surface area (Å²) in [4.78, 5) is 28.0. The molecule has 0 aliphatic heterocycles. The van der Waals surface area contributed by atoms with Gasteiger partial charge in [0.2, 0.25) is 5.56 Å². The van der Waals surface area contributed by atoms with Gasteiger partial charge in [-0.25, -0.2) is 4.98 Å². The smallest absolute Gasteiger partial charge is 0.324 e. The summed E-state index contributed by atoms with van der Waals surface area (Å²) in [6.45, 7) is 1.89. The van der Waals surface area contributed by atoms with Gasteiger partial charge in [-0.05, 0) is 35.7 Å².